The highest BCUT2D eigenvalue weighted by molar-refractivity contribution is 5.85. The van der Waals surface area contributed by atoms with Crippen molar-refractivity contribution in [1.29, 1.82) is 0 Å². The van der Waals surface area contributed by atoms with Crippen LogP contribution in [0.4, 0.5) is 0 Å². The van der Waals surface area contributed by atoms with Crippen LogP contribution >= 0.6 is 0 Å². The molecule has 1 aliphatic heterocycles. The van der Waals surface area contributed by atoms with Crippen molar-refractivity contribution in [2.24, 2.45) is 5.92 Å². The number of piperidine rings is 1. The molecular weight excluding hydrogens is 420 g/mol. The van der Waals surface area contributed by atoms with Gasteiger partial charge in [-0.2, -0.15) is 0 Å². The number of carbonyl (C=O) groups excluding carboxylic acids is 2. The Morgan fingerprint density at radius 1 is 1.06 bits per heavy atom. The number of benzene rings is 1. The van der Waals surface area contributed by atoms with Gasteiger partial charge in [-0.15, -0.1) is 0 Å². The lowest BCUT2D eigenvalue weighted by molar-refractivity contribution is -0.137. The first kappa shape index (κ1) is 24.8. The van der Waals surface area contributed by atoms with Crippen molar-refractivity contribution < 1.29 is 19.5 Å². The van der Waals surface area contributed by atoms with Crippen molar-refractivity contribution in [3.05, 3.63) is 36.0 Å². The summed E-state index contributed by atoms with van der Waals surface area (Å²) < 4.78 is 0. The van der Waals surface area contributed by atoms with Gasteiger partial charge in [-0.25, -0.2) is 0 Å². The quantitative estimate of drug-likeness (QED) is 0.317. The topological polar surface area (TPSA) is 123 Å². The summed E-state index contributed by atoms with van der Waals surface area (Å²) in [7, 11) is 0. The van der Waals surface area contributed by atoms with E-state index in [0.717, 1.165) is 48.8 Å². The molecule has 1 saturated heterocycles. The van der Waals surface area contributed by atoms with E-state index < -0.39 is 5.97 Å². The largest absolute Gasteiger partial charge is 0.481 e. The summed E-state index contributed by atoms with van der Waals surface area (Å²) in [6.45, 7) is 2.03. The highest BCUT2D eigenvalue weighted by Crippen LogP contribution is 2.20. The average Bonchev–Trinajstić information content (AvgIpc) is 3.23. The number of carboxylic acid groups (broad SMARTS) is 1. The van der Waals surface area contributed by atoms with Gasteiger partial charge in [-0.1, -0.05) is 18.2 Å². The summed E-state index contributed by atoms with van der Waals surface area (Å²) in [6.07, 6.45) is 8.31. The van der Waals surface area contributed by atoms with Gasteiger partial charge in [0.1, 0.15) is 0 Å². The Hall–Kier alpha value is -2.87. The van der Waals surface area contributed by atoms with Crippen LogP contribution in [-0.4, -0.2) is 53.6 Å². The Morgan fingerprint density at radius 2 is 1.85 bits per heavy atom. The monoisotopic (exact) mass is 456 g/mol. The van der Waals surface area contributed by atoms with Crippen LogP contribution in [0.3, 0.4) is 0 Å². The number of nitrogens with one attached hydrogen (secondary N) is 4. The summed E-state index contributed by atoms with van der Waals surface area (Å²) in [5.41, 5.74) is 2.20. The molecule has 2 amide bonds. The number of aryl methyl sites for hydroxylation is 1. The van der Waals surface area contributed by atoms with Crippen molar-refractivity contribution in [1.82, 2.24) is 20.9 Å². The first-order valence-electron chi connectivity index (χ1n) is 12.0. The molecule has 2 heterocycles. The smallest absolute Gasteiger partial charge is 0.303 e. The van der Waals surface area contributed by atoms with Gasteiger partial charge in [0.2, 0.25) is 11.8 Å². The van der Waals surface area contributed by atoms with Crippen molar-refractivity contribution in [2.75, 3.05) is 19.6 Å². The van der Waals surface area contributed by atoms with E-state index in [1.807, 2.05) is 30.5 Å². The third kappa shape index (κ3) is 8.53. The second kappa shape index (κ2) is 13.0. The van der Waals surface area contributed by atoms with Crippen molar-refractivity contribution in [2.45, 2.75) is 63.8 Å². The van der Waals surface area contributed by atoms with E-state index >= 15 is 0 Å². The van der Waals surface area contributed by atoms with E-state index in [1.165, 1.54) is 12.8 Å². The lowest BCUT2D eigenvalue weighted by Gasteiger charge is -2.22. The maximum Gasteiger partial charge on any atom is 0.303 e. The Kier molecular flexibility index (Phi) is 9.75. The highest BCUT2D eigenvalue weighted by atomic mass is 16.4. The van der Waals surface area contributed by atoms with Crippen LogP contribution in [0.2, 0.25) is 0 Å². The lowest BCUT2D eigenvalue weighted by Crippen LogP contribution is -2.42. The van der Waals surface area contributed by atoms with Gasteiger partial charge in [-0.3, -0.25) is 14.4 Å². The minimum Gasteiger partial charge on any atom is -0.481 e. The first-order valence-corrected chi connectivity index (χ1v) is 12.0. The van der Waals surface area contributed by atoms with Crippen LogP contribution in [0.1, 0.15) is 56.9 Å². The Bertz CT molecular complexity index is 920. The van der Waals surface area contributed by atoms with Crippen LogP contribution in [0, 0.1) is 5.92 Å². The van der Waals surface area contributed by atoms with E-state index in [0.29, 0.717) is 25.2 Å². The number of para-hydroxylation sites is 1. The van der Waals surface area contributed by atoms with Crippen LogP contribution in [0.25, 0.3) is 10.9 Å². The molecule has 1 aromatic heterocycles. The molecule has 0 radical (unpaired) electrons. The molecule has 1 aromatic carbocycles. The number of aromatic amines is 1. The molecule has 3 rings (SSSR count). The predicted octanol–water partition coefficient (Wildman–Crippen LogP) is 2.74. The maximum atomic E-state index is 12.4. The third-order valence-electron chi connectivity index (χ3n) is 6.43. The molecule has 0 bridgehead atoms. The van der Waals surface area contributed by atoms with Crippen LogP contribution < -0.4 is 16.0 Å². The predicted molar refractivity (Wildman–Crippen MR) is 128 cm³/mol. The van der Waals surface area contributed by atoms with Crippen LogP contribution in [-0.2, 0) is 20.8 Å². The molecule has 1 atom stereocenters. The molecular formula is C25H36N4O4. The number of rotatable bonds is 13. The summed E-state index contributed by atoms with van der Waals surface area (Å²) in [6, 6.07) is 7.75. The molecule has 180 valence electrons. The lowest BCUT2D eigenvalue weighted by atomic mass is 9.92. The number of H-pyrrole nitrogens is 1. The molecule has 8 nitrogen and oxygen atoms in total. The SMILES string of the molecule is O=C(O)CC[C@@H](CCc1c[nH]c2ccccc12)NC(=O)CNC(=O)CCCC1CCNCC1. The summed E-state index contributed by atoms with van der Waals surface area (Å²) in [5.74, 6) is -0.589. The minimum absolute atomic E-state index is 0.0120. The van der Waals surface area contributed by atoms with Crippen molar-refractivity contribution in [3.8, 4) is 0 Å². The van der Waals surface area contributed by atoms with E-state index in [2.05, 4.69) is 20.9 Å². The van der Waals surface area contributed by atoms with E-state index in [4.69, 9.17) is 5.11 Å². The normalized spacial score (nSPS) is 15.3. The average molecular weight is 457 g/mol. The molecule has 8 heteroatoms. The fraction of sp³-hybridized carbons (Fsp3) is 0.560. The van der Waals surface area contributed by atoms with Crippen molar-refractivity contribution >= 4 is 28.7 Å². The second-order valence-corrected chi connectivity index (χ2v) is 8.96. The van der Waals surface area contributed by atoms with Crippen LogP contribution in [0.5, 0.6) is 0 Å². The van der Waals surface area contributed by atoms with Gasteiger partial charge in [0.25, 0.3) is 0 Å². The van der Waals surface area contributed by atoms with E-state index in [9.17, 15) is 14.4 Å². The van der Waals surface area contributed by atoms with Gasteiger partial charge in [0.05, 0.1) is 6.54 Å². The summed E-state index contributed by atoms with van der Waals surface area (Å²) >= 11 is 0. The Labute approximate surface area is 194 Å². The number of fused-ring (bicyclic) bond motifs is 1. The van der Waals surface area contributed by atoms with Gasteiger partial charge in [0, 0.05) is 36.0 Å². The van der Waals surface area contributed by atoms with Gasteiger partial charge < -0.3 is 26.0 Å². The molecule has 1 aliphatic rings. The Balaban J connectivity index is 1.40. The number of carboxylic acids is 1. The standard InChI is InChI=1S/C25H36N4O4/c30-23(7-3-4-18-12-14-26-15-13-18)28-17-24(31)29-20(10-11-25(32)33)9-8-19-16-27-22-6-2-1-5-21(19)22/h1-2,5-6,16,18,20,26-27H,3-4,7-15,17H2,(H,28,30)(H,29,31)(H,32,33)/t20-/m1/s1. The maximum absolute atomic E-state index is 12.4. The number of hydrogen-bond donors (Lipinski definition) is 5. The van der Waals surface area contributed by atoms with Gasteiger partial charge >= 0.3 is 5.97 Å². The molecule has 33 heavy (non-hydrogen) atoms. The molecule has 2 aromatic rings. The molecule has 0 unspecified atom stereocenters. The third-order valence-corrected chi connectivity index (χ3v) is 6.43. The zero-order chi connectivity index (χ0) is 23.5. The fourth-order valence-electron chi connectivity index (χ4n) is 4.52. The first-order chi connectivity index (χ1) is 16.0. The minimum atomic E-state index is -0.886. The second-order valence-electron chi connectivity index (χ2n) is 8.96. The molecule has 1 fully saturated rings. The number of aromatic nitrogens is 1. The summed E-state index contributed by atoms with van der Waals surface area (Å²) in [5, 5.41) is 19.2. The molecule has 5 N–H and O–H groups in total. The molecule has 0 aliphatic carbocycles. The zero-order valence-electron chi connectivity index (χ0n) is 19.2. The number of aliphatic carboxylic acids is 1. The molecule has 0 saturated carbocycles. The summed E-state index contributed by atoms with van der Waals surface area (Å²) in [4.78, 5) is 38.8. The highest BCUT2D eigenvalue weighted by Gasteiger charge is 2.17. The van der Waals surface area contributed by atoms with Crippen LogP contribution in [0.15, 0.2) is 30.5 Å². The zero-order valence-corrected chi connectivity index (χ0v) is 19.2. The van der Waals surface area contributed by atoms with Gasteiger partial charge in [0.15, 0.2) is 0 Å². The van der Waals surface area contributed by atoms with E-state index in [-0.39, 0.29) is 30.8 Å². The molecule has 0 spiro atoms. The number of carbonyl (C=O) groups is 3. The van der Waals surface area contributed by atoms with Crippen molar-refractivity contribution in [3.63, 3.8) is 0 Å². The number of hydrogen-bond acceptors (Lipinski definition) is 4. The van der Waals surface area contributed by atoms with Gasteiger partial charge in [-0.05, 0) is 75.6 Å². The number of amides is 2. The Morgan fingerprint density at radius 3 is 2.64 bits per heavy atom. The fourth-order valence-corrected chi connectivity index (χ4v) is 4.52. The van der Waals surface area contributed by atoms with E-state index in [1.54, 1.807) is 0 Å².